The second-order valence-corrected chi connectivity index (χ2v) is 6.27. The summed E-state index contributed by atoms with van der Waals surface area (Å²) in [6.07, 6.45) is 1.52. The molecule has 3 rings (SSSR count). The zero-order chi connectivity index (χ0) is 16.9. The highest BCUT2D eigenvalue weighted by Crippen LogP contribution is 2.22. The molecule has 2 aromatic rings. The molecule has 0 bridgehead atoms. The quantitative estimate of drug-likeness (QED) is 0.629. The largest absolute Gasteiger partial charge is 0.426 e. The van der Waals surface area contributed by atoms with Crippen LogP contribution in [0.25, 0.3) is 0 Å². The predicted octanol–water partition coefficient (Wildman–Crippen LogP) is 3.80. The molecule has 24 heavy (non-hydrogen) atoms. The first-order valence-electron chi connectivity index (χ1n) is 7.95. The van der Waals surface area contributed by atoms with Gasteiger partial charge in [0.2, 0.25) is 0 Å². The lowest BCUT2D eigenvalue weighted by Gasteiger charge is -2.31. The summed E-state index contributed by atoms with van der Waals surface area (Å²) in [5.41, 5.74) is 0.580. The van der Waals surface area contributed by atoms with Crippen LogP contribution in [0.3, 0.4) is 0 Å². The van der Waals surface area contributed by atoms with Crippen LogP contribution in [-0.4, -0.2) is 29.9 Å². The highest BCUT2D eigenvalue weighted by Gasteiger charge is 2.30. The van der Waals surface area contributed by atoms with Gasteiger partial charge in [0.1, 0.15) is 5.75 Å². The summed E-state index contributed by atoms with van der Waals surface area (Å²) >= 11 is 5.86. The fourth-order valence-corrected chi connectivity index (χ4v) is 2.94. The van der Waals surface area contributed by atoms with E-state index in [0.717, 1.165) is 12.8 Å². The van der Waals surface area contributed by atoms with E-state index in [4.69, 9.17) is 16.3 Å². The van der Waals surface area contributed by atoms with Crippen LogP contribution in [0, 0.1) is 5.92 Å². The number of piperidine rings is 1. The number of likely N-dealkylation sites (tertiary alicyclic amines) is 1. The third kappa shape index (κ3) is 3.95. The predicted molar refractivity (Wildman–Crippen MR) is 92.2 cm³/mol. The van der Waals surface area contributed by atoms with Gasteiger partial charge in [0, 0.05) is 23.7 Å². The number of esters is 1. The van der Waals surface area contributed by atoms with Crippen LogP contribution in [-0.2, 0) is 4.79 Å². The number of hydrogen-bond acceptors (Lipinski definition) is 3. The van der Waals surface area contributed by atoms with Crippen molar-refractivity contribution in [3.63, 3.8) is 0 Å². The van der Waals surface area contributed by atoms with Gasteiger partial charge in [-0.1, -0.05) is 29.8 Å². The smallest absolute Gasteiger partial charge is 0.316 e. The van der Waals surface area contributed by atoms with Crippen molar-refractivity contribution >= 4 is 23.5 Å². The lowest BCUT2D eigenvalue weighted by atomic mass is 9.97. The Bertz CT molecular complexity index is 715. The maximum Gasteiger partial charge on any atom is 0.316 e. The van der Waals surface area contributed by atoms with Crippen LogP contribution in [0.15, 0.2) is 54.6 Å². The summed E-state index contributed by atoms with van der Waals surface area (Å²) in [5.74, 6) is -0.127. The minimum Gasteiger partial charge on any atom is -0.426 e. The summed E-state index contributed by atoms with van der Waals surface area (Å²) in [6, 6.07) is 15.8. The first-order chi connectivity index (χ1) is 11.6. The number of nitrogens with zero attached hydrogens (tertiary/aromatic N) is 1. The Kier molecular flexibility index (Phi) is 5.16. The van der Waals surface area contributed by atoms with Crippen LogP contribution in [0.4, 0.5) is 0 Å². The highest BCUT2D eigenvalue weighted by atomic mass is 35.5. The molecule has 1 unspecified atom stereocenters. The fraction of sp³-hybridized carbons (Fsp3) is 0.263. The highest BCUT2D eigenvalue weighted by molar-refractivity contribution is 6.30. The van der Waals surface area contributed by atoms with E-state index in [1.807, 2.05) is 18.2 Å². The van der Waals surface area contributed by atoms with E-state index in [1.54, 1.807) is 41.3 Å². The summed E-state index contributed by atoms with van der Waals surface area (Å²) in [4.78, 5) is 26.6. The molecular weight excluding hydrogens is 326 g/mol. The minimum absolute atomic E-state index is 0.0797. The zero-order valence-electron chi connectivity index (χ0n) is 13.2. The standard InChI is InChI=1S/C19H18ClNO3/c20-16-10-8-14(9-11-16)18(22)21-12-4-5-15(13-21)19(23)24-17-6-2-1-3-7-17/h1-3,6-11,15H,4-5,12-13H2. The molecule has 5 heteroatoms. The van der Waals surface area contributed by atoms with Crippen LogP contribution in [0.1, 0.15) is 23.2 Å². The molecule has 2 aromatic carbocycles. The van der Waals surface area contributed by atoms with Crippen molar-refractivity contribution in [2.45, 2.75) is 12.8 Å². The number of amides is 1. The second kappa shape index (κ2) is 7.49. The Labute approximate surface area is 146 Å². The van der Waals surface area contributed by atoms with Gasteiger partial charge in [-0.05, 0) is 49.2 Å². The first kappa shape index (κ1) is 16.5. The van der Waals surface area contributed by atoms with Gasteiger partial charge >= 0.3 is 5.97 Å². The monoisotopic (exact) mass is 343 g/mol. The third-order valence-corrected chi connectivity index (χ3v) is 4.35. The molecule has 4 nitrogen and oxygen atoms in total. The maximum absolute atomic E-state index is 12.6. The van der Waals surface area contributed by atoms with E-state index < -0.39 is 0 Å². The molecule has 1 fully saturated rings. The van der Waals surface area contributed by atoms with Crippen LogP contribution < -0.4 is 4.74 Å². The number of ether oxygens (including phenoxy) is 1. The molecule has 0 radical (unpaired) electrons. The van der Waals surface area contributed by atoms with Crippen molar-refractivity contribution in [3.05, 3.63) is 65.2 Å². The summed E-state index contributed by atoms with van der Waals surface area (Å²) in [7, 11) is 0. The topological polar surface area (TPSA) is 46.6 Å². The molecular formula is C19H18ClNO3. The Balaban J connectivity index is 1.64. The van der Waals surface area contributed by atoms with Crippen molar-refractivity contribution < 1.29 is 14.3 Å². The summed E-state index contributed by atoms with van der Waals surface area (Å²) in [5, 5.41) is 0.592. The number of carbonyl (C=O) groups is 2. The number of para-hydroxylation sites is 1. The van der Waals surface area contributed by atoms with E-state index in [-0.39, 0.29) is 17.8 Å². The molecule has 0 N–H and O–H groups in total. The molecule has 1 saturated heterocycles. The average Bonchev–Trinajstić information content (AvgIpc) is 2.63. The SMILES string of the molecule is O=C(Oc1ccccc1)C1CCCN(C(=O)c2ccc(Cl)cc2)C1. The van der Waals surface area contributed by atoms with Crippen molar-refractivity contribution in [2.24, 2.45) is 5.92 Å². The lowest BCUT2D eigenvalue weighted by molar-refractivity contribution is -0.140. The normalized spacial score (nSPS) is 17.4. The summed E-state index contributed by atoms with van der Waals surface area (Å²) < 4.78 is 5.41. The Hall–Kier alpha value is -2.33. The van der Waals surface area contributed by atoms with E-state index >= 15 is 0 Å². The Morgan fingerprint density at radius 1 is 1.04 bits per heavy atom. The number of halogens is 1. The molecule has 1 atom stereocenters. The summed E-state index contributed by atoms with van der Waals surface area (Å²) in [6.45, 7) is 1.03. The van der Waals surface area contributed by atoms with Crippen molar-refractivity contribution in [3.8, 4) is 5.75 Å². The average molecular weight is 344 g/mol. The first-order valence-corrected chi connectivity index (χ1v) is 8.33. The Morgan fingerprint density at radius 3 is 2.46 bits per heavy atom. The third-order valence-electron chi connectivity index (χ3n) is 4.09. The van der Waals surface area contributed by atoms with Crippen molar-refractivity contribution in [1.82, 2.24) is 4.90 Å². The van der Waals surface area contributed by atoms with E-state index in [2.05, 4.69) is 0 Å². The molecule has 0 saturated carbocycles. The van der Waals surface area contributed by atoms with Gasteiger partial charge in [0.05, 0.1) is 5.92 Å². The van der Waals surface area contributed by atoms with E-state index in [0.29, 0.717) is 29.4 Å². The van der Waals surface area contributed by atoms with Gasteiger partial charge in [-0.25, -0.2) is 0 Å². The van der Waals surface area contributed by atoms with Crippen molar-refractivity contribution in [1.29, 1.82) is 0 Å². The van der Waals surface area contributed by atoms with Gasteiger partial charge in [-0.3, -0.25) is 9.59 Å². The molecule has 1 heterocycles. The number of rotatable bonds is 3. The number of hydrogen-bond donors (Lipinski definition) is 0. The number of carbonyl (C=O) groups excluding carboxylic acids is 2. The molecule has 124 valence electrons. The van der Waals surface area contributed by atoms with Gasteiger partial charge in [-0.15, -0.1) is 0 Å². The van der Waals surface area contributed by atoms with Gasteiger partial charge < -0.3 is 9.64 Å². The van der Waals surface area contributed by atoms with Gasteiger partial charge in [-0.2, -0.15) is 0 Å². The minimum atomic E-state index is -0.296. The molecule has 0 aromatic heterocycles. The molecule has 0 aliphatic carbocycles. The van der Waals surface area contributed by atoms with E-state index in [1.165, 1.54) is 0 Å². The molecule has 1 aliphatic rings. The maximum atomic E-state index is 12.6. The zero-order valence-corrected chi connectivity index (χ0v) is 13.9. The lowest BCUT2D eigenvalue weighted by Crippen LogP contribution is -2.43. The van der Waals surface area contributed by atoms with Crippen LogP contribution >= 0.6 is 11.6 Å². The van der Waals surface area contributed by atoms with Gasteiger partial charge in [0.25, 0.3) is 5.91 Å². The second-order valence-electron chi connectivity index (χ2n) is 5.83. The Morgan fingerprint density at radius 2 is 1.75 bits per heavy atom. The van der Waals surface area contributed by atoms with Crippen LogP contribution in [0.5, 0.6) is 5.75 Å². The molecule has 1 aliphatic heterocycles. The van der Waals surface area contributed by atoms with E-state index in [9.17, 15) is 9.59 Å². The van der Waals surface area contributed by atoms with Gasteiger partial charge in [0.15, 0.2) is 0 Å². The fourth-order valence-electron chi connectivity index (χ4n) is 2.82. The van der Waals surface area contributed by atoms with Crippen molar-refractivity contribution in [2.75, 3.05) is 13.1 Å². The number of benzene rings is 2. The van der Waals surface area contributed by atoms with Crippen LogP contribution in [0.2, 0.25) is 5.02 Å². The molecule has 1 amide bonds. The molecule has 0 spiro atoms.